The number of ether oxygens (including phenoxy) is 2. The number of nitrogens with one attached hydrogen (secondary N) is 1. The summed E-state index contributed by atoms with van der Waals surface area (Å²) < 4.78 is 37.8. The van der Waals surface area contributed by atoms with E-state index in [1.807, 2.05) is 0 Å². The van der Waals surface area contributed by atoms with E-state index in [4.69, 9.17) is 4.74 Å². The highest BCUT2D eigenvalue weighted by Gasteiger charge is 2.44. The number of hydrogen-bond acceptors (Lipinski definition) is 7. The lowest BCUT2D eigenvalue weighted by atomic mass is 10.1. The molecule has 2 aliphatic heterocycles. The van der Waals surface area contributed by atoms with Gasteiger partial charge in [0, 0.05) is 18.6 Å². The Morgan fingerprint density at radius 2 is 1.77 bits per heavy atom. The molecule has 142 valence electrons. The van der Waals surface area contributed by atoms with Crippen LogP contribution in [0, 0.1) is 0 Å². The first kappa shape index (κ1) is 18.8. The molecule has 2 aliphatic rings. The normalized spacial score (nSPS) is 23.3. The summed E-state index contributed by atoms with van der Waals surface area (Å²) in [6.45, 7) is 1.32. The molecule has 0 aromatic heterocycles. The van der Waals surface area contributed by atoms with Gasteiger partial charge in [-0.25, -0.2) is 18.0 Å². The van der Waals surface area contributed by atoms with Gasteiger partial charge in [-0.2, -0.15) is 4.31 Å². The van der Waals surface area contributed by atoms with Crippen molar-refractivity contribution in [3.8, 4) is 0 Å². The molecule has 2 saturated heterocycles. The second kappa shape index (κ2) is 7.34. The maximum atomic E-state index is 13.4. The fourth-order valence-corrected chi connectivity index (χ4v) is 5.81. The highest BCUT2D eigenvalue weighted by Crippen LogP contribution is 2.35. The van der Waals surface area contributed by atoms with Crippen LogP contribution in [0.3, 0.4) is 0 Å². The van der Waals surface area contributed by atoms with Crippen LogP contribution in [-0.2, 0) is 19.5 Å². The summed E-state index contributed by atoms with van der Waals surface area (Å²) in [6.07, 6.45) is 2.26. The Hall–Kier alpha value is -1.97. The number of methoxy groups -OCH3 is 2. The molecule has 0 radical (unpaired) electrons. The van der Waals surface area contributed by atoms with Crippen molar-refractivity contribution in [1.29, 1.82) is 0 Å². The summed E-state index contributed by atoms with van der Waals surface area (Å²) in [7, 11) is -1.59. The van der Waals surface area contributed by atoms with Crippen LogP contribution in [0.15, 0.2) is 23.1 Å². The molecule has 2 heterocycles. The Kier molecular flexibility index (Phi) is 5.31. The molecular weight excluding hydrogens is 360 g/mol. The van der Waals surface area contributed by atoms with E-state index < -0.39 is 22.0 Å². The minimum absolute atomic E-state index is 0.0685. The zero-order valence-corrected chi connectivity index (χ0v) is 15.5. The topological polar surface area (TPSA) is 102 Å². The molecule has 2 fully saturated rings. The molecular formula is C17H22N2O6S. The van der Waals surface area contributed by atoms with Crippen molar-refractivity contribution in [1.82, 2.24) is 9.62 Å². The van der Waals surface area contributed by atoms with Crippen LogP contribution in [0.2, 0.25) is 0 Å². The van der Waals surface area contributed by atoms with E-state index in [1.54, 1.807) is 0 Å². The second-order valence-corrected chi connectivity index (χ2v) is 8.22. The number of fused-ring (bicyclic) bond motifs is 2. The molecule has 0 amide bonds. The van der Waals surface area contributed by atoms with Gasteiger partial charge in [-0.3, -0.25) is 0 Å². The van der Waals surface area contributed by atoms with Gasteiger partial charge in [0.05, 0.1) is 30.2 Å². The van der Waals surface area contributed by atoms with Crippen LogP contribution >= 0.6 is 0 Å². The lowest BCUT2D eigenvalue weighted by molar-refractivity contribution is 0.0583. The lowest BCUT2D eigenvalue weighted by Crippen LogP contribution is -2.43. The zero-order chi connectivity index (χ0) is 18.9. The lowest BCUT2D eigenvalue weighted by Gasteiger charge is -2.27. The molecule has 1 aromatic carbocycles. The third kappa shape index (κ3) is 3.22. The number of hydrogen-bond donors (Lipinski definition) is 1. The Morgan fingerprint density at radius 3 is 2.46 bits per heavy atom. The van der Waals surface area contributed by atoms with E-state index in [0.29, 0.717) is 13.0 Å². The smallest absolute Gasteiger partial charge is 0.339 e. The van der Waals surface area contributed by atoms with E-state index in [9.17, 15) is 18.0 Å². The van der Waals surface area contributed by atoms with Gasteiger partial charge in [0.1, 0.15) is 0 Å². The summed E-state index contributed by atoms with van der Waals surface area (Å²) in [5.74, 6) is -1.43. The summed E-state index contributed by atoms with van der Waals surface area (Å²) in [5.41, 5.74) is -0.0178. The average Bonchev–Trinajstić information content (AvgIpc) is 2.93. The van der Waals surface area contributed by atoms with Gasteiger partial charge in [-0.15, -0.1) is 0 Å². The van der Waals surface area contributed by atoms with E-state index in [2.05, 4.69) is 10.1 Å². The quantitative estimate of drug-likeness (QED) is 0.768. The van der Waals surface area contributed by atoms with Crippen LogP contribution in [0.1, 0.15) is 40.0 Å². The van der Waals surface area contributed by atoms with Crippen LogP contribution in [0.25, 0.3) is 0 Å². The fourth-order valence-electron chi connectivity index (χ4n) is 3.70. The van der Waals surface area contributed by atoms with Crippen molar-refractivity contribution in [3.05, 3.63) is 29.3 Å². The van der Waals surface area contributed by atoms with Crippen LogP contribution in [0.4, 0.5) is 0 Å². The average molecular weight is 382 g/mol. The maximum Gasteiger partial charge on any atom is 0.339 e. The van der Waals surface area contributed by atoms with Gasteiger partial charge < -0.3 is 14.8 Å². The largest absolute Gasteiger partial charge is 0.465 e. The molecule has 2 bridgehead atoms. The summed E-state index contributed by atoms with van der Waals surface area (Å²) >= 11 is 0. The molecule has 0 saturated carbocycles. The van der Waals surface area contributed by atoms with E-state index in [1.165, 1.54) is 36.7 Å². The predicted octanol–water partition coefficient (Wildman–Crippen LogP) is 0.775. The highest BCUT2D eigenvalue weighted by atomic mass is 32.2. The molecule has 2 atom stereocenters. The minimum Gasteiger partial charge on any atom is -0.465 e. The number of benzene rings is 1. The molecule has 8 nitrogen and oxygen atoms in total. The van der Waals surface area contributed by atoms with Gasteiger partial charge in [0.25, 0.3) is 0 Å². The van der Waals surface area contributed by atoms with E-state index >= 15 is 0 Å². The second-order valence-electron chi connectivity index (χ2n) is 6.41. The van der Waals surface area contributed by atoms with Crippen molar-refractivity contribution >= 4 is 22.0 Å². The standard InChI is InChI=1S/C17H22N2O6S/c1-24-16(20)11-3-6-14(17(21)25-2)15(9-11)26(22,23)19-12-4-5-13(19)10-18-8-7-12/h3,6,9,12-13,18H,4-5,7-8,10H2,1-2H3. The number of nitrogens with zero attached hydrogens (tertiary/aromatic N) is 1. The molecule has 1 N–H and O–H groups in total. The highest BCUT2D eigenvalue weighted by molar-refractivity contribution is 7.89. The van der Waals surface area contributed by atoms with Gasteiger partial charge in [-0.1, -0.05) is 0 Å². The van der Waals surface area contributed by atoms with Gasteiger partial charge in [0.2, 0.25) is 10.0 Å². The monoisotopic (exact) mass is 382 g/mol. The first-order valence-electron chi connectivity index (χ1n) is 8.45. The Balaban J connectivity index is 2.13. The van der Waals surface area contributed by atoms with Crippen molar-refractivity contribution in [2.45, 2.75) is 36.2 Å². The Morgan fingerprint density at radius 1 is 1.08 bits per heavy atom. The van der Waals surface area contributed by atoms with Crippen molar-refractivity contribution in [3.63, 3.8) is 0 Å². The van der Waals surface area contributed by atoms with Crippen LogP contribution in [0.5, 0.6) is 0 Å². The van der Waals surface area contributed by atoms with Crippen LogP contribution in [-0.4, -0.2) is 64.1 Å². The fraction of sp³-hybridized carbons (Fsp3) is 0.529. The van der Waals surface area contributed by atoms with E-state index in [-0.39, 0.29) is 28.1 Å². The van der Waals surface area contributed by atoms with Crippen molar-refractivity contribution < 1.29 is 27.5 Å². The summed E-state index contributed by atoms with van der Waals surface area (Å²) in [6, 6.07) is 3.57. The van der Waals surface area contributed by atoms with Crippen molar-refractivity contribution in [2.75, 3.05) is 27.3 Å². The van der Waals surface area contributed by atoms with Crippen LogP contribution < -0.4 is 5.32 Å². The molecule has 3 rings (SSSR count). The Labute approximate surface area is 152 Å². The molecule has 0 aliphatic carbocycles. The summed E-state index contributed by atoms with van der Waals surface area (Å²) in [5, 5.41) is 3.25. The zero-order valence-electron chi connectivity index (χ0n) is 14.7. The number of sulfonamides is 1. The first-order valence-corrected chi connectivity index (χ1v) is 9.89. The maximum absolute atomic E-state index is 13.4. The third-order valence-corrected chi connectivity index (χ3v) is 7.00. The molecule has 1 aromatic rings. The van der Waals surface area contributed by atoms with Gasteiger partial charge >= 0.3 is 11.9 Å². The summed E-state index contributed by atoms with van der Waals surface area (Å²) in [4.78, 5) is 23.8. The first-order chi connectivity index (χ1) is 12.4. The van der Waals surface area contributed by atoms with Gasteiger partial charge in [0.15, 0.2) is 0 Å². The number of rotatable bonds is 4. The third-order valence-electron chi connectivity index (χ3n) is 4.95. The SMILES string of the molecule is COC(=O)c1ccc(C(=O)OC)c(S(=O)(=O)N2C3CCNCC2CC3)c1. The van der Waals surface area contributed by atoms with Gasteiger partial charge in [-0.05, 0) is 44.0 Å². The molecule has 9 heteroatoms. The number of esters is 2. The number of carbonyl (C=O) groups is 2. The predicted molar refractivity (Wildman–Crippen MR) is 92.4 cm³/mol. The van der Waals surface area contributed by atoms with E-state index in [0.717, 1.165) is 19.4 Å². The molecule has 26 heavy (non-hydrogen) atoms. The Bertz CT molecular complexity index is 809. The molecule has 0 spiro atoms. The van der Waals surface area contributed by atoms with Crippen molar-refractivity contribution in [2.24, 2.45) is 0 Å². The molecule has 2 unspecified atom stereocenters. The number of carbonyl (C=O) groups excluding carboxylic acids is 2. The minimum atomic E-state index is -3.99.